The molecule has 5 fully saturated rings. The Balaban J connectivity index is 1.11. The van der Waals surface area contributed by atoms with Crippen LogP contribution in [0, 0.1) is 51.2 Å². The van der Waals surface area contributed by atoms with Crippen molar-refractivity contribution in [2.45, 2.75) is 150 Å². The van der Waals surface area contributed by atoms with Gasteiger partial charge in [-0.1, -0.05) is 65.0 Å². The number of fused-ring (bicyclic) bond motifs is 7. The van der Waals surface area contributed by atoms with Crippen molar-refractivity contribution < 1.29 is 24.2 Å². The highest BCUT2D eigenvalue weighted by Crippen LogP contribution is 2.76. The molecular weight excluding hydrogens is 675 g/mol. The summed E-state index contributed by atoms with van der Waals surface area (Å²) in [7, 11) is 0. The lowest BCUT2D eigenvalue weighted by Gasteiger charge is -2.72. The molecule has 296 valence electrons. The zero-order chi connectivity index (χ0) is 39.3. The third-order valence-electron chi connectivity index (χ3n) is 16.7. The van der Waals surface area contributed by atoms with Crippen LogP contribution in [0.5, 0.6) is 0 Å². The largest absolute Gasteiger partial charge is 0.478 e. The molecule has 0 heterocycles. The monoisotopic (exact) mass is 742 g/mol. The minimum absolute atomic E-state index is 0.0339. The first-order valence-corrected chi connectivity index (χ1v) is 20.9. The number of alkyl carbamates (subject to hydrolysis) is 1. The fraction of sp³-hybridized carbons (Fsp3) is 0.717. The van der Waals surface area contributed by atoms with Gasteiger partial charge in [0.05, 0.1) is 11.1 Å². The number of carboxylic acid groups (broad SMARTS) is 1. The van der Waals surface area contributed by atoms with Gasteiger partial charge in [0.25, 0.3) is 0 Å². The van der Waals surface area contributed by atoms with Gasteiger partial charge in [-0.15, -0.1) is 0 Å². The molecule has 5 saturated carbocycles. The van der Waals surface area contributed by atoms with Crippen LogP contribution in [0.2, 0.25) is 0 Å². The Labute approximate surface area is 324 Å². The number of hydrogen-bond acceptors (Lipinski definition) is 4. The number of benzene rings is 1. The van der Waals surface area contributed by atoms with Crippen LogP contribution in [-0.4, -0.2) is 46.4 Å². The molecule has 4 N–H and O–H groups in total. The van der Waals surface area contributed by atoms with Crippen molar-refractivity contribution in [3.63, 3.8) is 0 Å². The average Bonchev–Trinajstić information content (AvgIpc) is 3.72. The number of carbonyl (C=O) groups excluding carboxylic acids is 2. The quantitative estimate of drug-likeness (QED) is 0.208. The van der Waals surface area contributed by atoms with E-state index in [0.717, 1.165) is 50.5 Å². The van der Waals surface area contributed by atoms with Gasteiger partial charge < -0.3 is 25.8 Å². The second kappa shape index (κ2) is 12.9. The number of allylic oxidation sites excluding steroid dienone is 3. The zero-order valence-corrected chi connectivity index (χ0v) is 34.5. The number of urea groups is 1. The SMILES string of the molecule is C=C(C)[C@@H]1CC[C@]2(NC(=O)NCC3(NC(=O)OC(C)(C)C)CC3)CC[C@]3(C)[C@H](CC[C@@H]4[C@@]5(C)CC=C(c6ccc(C(=O)O)cc6)C(C)(C)[C@@H]5CC[C@]43C)[C@@H]12. The summed E-state index contributed by atoms with van der Waals surface area (Å²) < 4.78 is 5.51. The van der Waals surface area contributed by atoms with Gasteiger partial charge in [-0.3, -0.25) is 0 Å². The molecule has 6 aliphatic rings. The molecule has 6 aliphatic carbocycles. The molecule has 0 unspecified atom stereocenters. The third-order valence-corrected chi connectivity index (χ3v) is 16.7. The summed E-state index contributed by atoms with van der Waals surface area (Å²) >= 11 is 0. The summed E-state index contributed by atoms with van der Waals surface area (Å²) in [5, 5.41) is 19.3. The first-order chi connectivity index (χ1) is 25.1. The van der Waals surface area contributed by atoms with Crippen LogP contribution in [0.3, 0.4) is 0 Å². The summed E-state index contributed by atoms with van der Waals surface area (Å²) in [6.07, 6.45) is 13.7. The summed E-state index contributed by atoms with van der Waals surface area (Å²) in [6, 6.07) is 7.39. The van der Waals surface area contributed by atoms with Gasteiger partial charge in [-0.05, 0) is 173 Å². The molecule has 9 atom stereocenters. The first kappa shape index (κ1) is 39.0. The highest BCUT2D eigenvalue weighted by Gasteiger charge is 2.70. The van der Waals surface area contributed by atoms with E-state index in [1.54, 1.807) is 12.1 Å². The smallest absolute Gasteiger partial charge is 0.408 e. The molecule has 0 radical (unpaired) electrons. The molecule has 0 aliphatic heterocycles. The van der Waals surface area contributed by atoms with Crippen LogP contribution in [0.1, 0.15) is 149 Å². The van der Waals surface area contributed by atoms with Gasteiger partial charge in [0.2, 0.25) is 0 Å². The number of carboxylic acids is 1. The molecular formula is C46H67N3O5. The maximum atomic E-state index is 13.9. The van der Waals surface area contributed by atoms with Gasteiger partial charge in [0.1, 0.15) is 5.60 Å². The van der Waals surface area contributed by atoms with Gasteiger partial charge >= 0.3 is 18.1 Å². The lowest BCUT2D eigenvalue weighted by molar-refractivity contribution is -0.218. The number of amides is 3. The normalized spacial score (nSPS) is 38.6. The number of hydrogen-bond donors (Lipinski definition) is 4. The van der Waals surface area contributed by atoms with E-state index >= 15 is 0 Å². The Bertz CT molecular complexity index is 1740. The lowest BCUT2D eigenvalue weighted by Crippen LogP contribution is -2.69. The Morgan fingerprint density at radius 1 is 0.852 bits per heavy atom. The van der Waals surface area contributed by atoms with Crippen molar-refractivity contribution in [1.29, 1.82) is 0 Å². The van der Waals surface area contributed by atoms with Crippen molar-refractivity contribution in [1.82, 2.24) is 16.0 Å². The summed E-state index contributed by atoms with van der Waals surface area (Å²) in [6.45, 7) is 25.4. The lowest BCUT2D eigenvalue weighted by atomic mass is 9.33. The molecule has 1 aromatic rings. The van der Waals surface area contributed by atoms with Crippen molar-refractivity contribution in [3.05, 3.63) is 53.6 Å². The van der Waals surface area contributed by atoms with Crippen molar-refractivity contribution in [3.8, 4) is 0 Å². The fourth-order valence-electron chi connectivity index (χ4n) is 13.8. The van der Waals surface area contributed by atoms with E-state index in [1.165, 1.54) is 36.8 Å². The highest BCUT2D eigenvalue weighted by molar-refractivity contribution is 5.88. The second-order valence-corrected chi connectivity index (χ2v) is 21.0. The van der Waals surface area contributed by atoms with Crippen molar-refractivity contribution in [2.75, 3.05) is 6.54 Å². The molecule has 7 rings (SSSR count). The van der Waals surface area contributed by atoms with Crippen LogP contribution in [0.25, 0.3) is 5.57 Å². The fourth-order valence-corrected chi connectivity index (χ4v) is 13.8. The van der Waals surface area contributed by atoms with Crippen LogP contribution in [0.15, 0.2) is 42.5 Å². The third kappa shape index (κ3) is 6.20. The topological polar surface area (TPSA) is 117 Å². The highest BCUT2D eigenvalue weighted by atomic mass is 16.6. The Morgan fingerprint density at radius 2 is 1.54 bits per heavy atom. The van der Waals surface area contributed by atoms with Gasteiger partial charge in [-0.25, -0.2) is 14.4 Å². The molecule has 8 heteroatoms. The maximum Gasteiger partial charge on any atom is 0.408 e. The van der Waals surface area contributed by atoms with Gasteiger partial charge in [0.15, 0.2) is 0 Å². The minimum atomic E-state index is -0.885. The van der Waals surface area contributed by atoms with E-state index in [9.17, 15) is 19.5 Å². The van der Waals surface area contributed by atoms with Crippen LogP contribution in [-0.2, 0) is 4.74 Å². The van der Waals surface area contributed by atoms with E-state index in [2.05, 4.69) is 70.1 Å². The van der Waals surface area contributed by atoms with E-state index in [0.29, 0.717) is 41.7 Å². The first-order valence-electron chi connectivity index (χ1n) is 20.9. The standard InChI is InChI=1S/C46H67N3O5/c1-28(2)31-17-22-46(48-38(52)47-27-45(24-25-45)49-39(53)54-40(3,4)5)26-23-43(9)33(36(31)46)15-16-35-42(8)20-18-32(29-11-13-30(14-12-29)37(50)51)41(6,7)34(42)19-21-44(35,43)10/h11-14,18,31,33-36H,1,15-17,19-27H2,2-10H3,(H,49,53)(H,50,51)(H2,47,48,52)/t31-,33+,34-,35+,36+,42-,43+,44+,46-/m0/s1. The number of rotatable bonds is 7. The van der Waals surface area contributed by atoms with E-state index in [-0.39, 0.29) is 33.2 Å². The predicted octanol–water partition coefficient (Wildman–Crippen LogP) is 10.1. The van der Waals surface area contributed by atoms with E-state index in [4.69, 9.17) is 4.74 Å². The minimum Gasteiger partial charge on any atom is -0.478 e. The van der Waals surface area contributed by atoms with Crippen LogP contribution in [0.4, 0.5) is 9.59 Å². The number of carbonyl (C=O) groups is 3. The number of nitrogens with one attached hydrogen (secondary N) is 3. The Hall–Kier alpha value is -3.29. The Morgan fingerprint density at radius 3 is 2.15 bits per heavy atom. The van der Waals surface area contributed by atoms with Crippen LogP contribution >= 0.6 is 0 Å². The Kier molecular flexibility index (Phi) is 9.29. The summed E-state index contributed by atoms with van der Waals surface area (Å²) in [5.74, 6) is 1.47. The molecule has 0 spiro atoms. The molecule has 8 nitrogen and oxygen atoms in total. The summed E-state index contributed by atoms with van der Waals surface area (Å²) in [5.41, 5.74) is 3.26. The van der Waals surface area contributed by atoms with Gasteiger partial charge in [0, 0.05) is 12.1 Å². The predicted molar refractivity (Wildman–Crippen MR) is 214 cm³/mol. The van der Waals surface area contributed by atoms with Gasteiger partial charge in [-0.2, -0.15) is 0 Å². The molecule has 54 heavy (non-hydrogen) atoms. The second-order valence-electron chi connectivity index (χ2n) is 21.0. The number of aromatic carboxylic acids is 1. The molecule has 0 aromatic heterocycles. The molecule has 3 amide bonds. The molecule has 0 bridgehead atoms. The van der Waals surface area contributed by atoms with E-state index < -0.39 is 23.2 Å². The number of ether oxygens (including phenoxy) is 1. The average molecular weight is 742 g/mol. The maximum absolute atomic E-state index is 13.9. The summed E-state index contributed by atoms with van der Waals surface area (Å²) in [4.78, 5) is 38.0. The molecule has 0 saturated heterocycles. The van der Waals surface area contributed by atoms with Crippen LogP contribution < -0.4 is 16.0 Å². The van der Waals surface area contributed by atoms with Crippen molar-refractivity contribution in [2.24, 2.45) is 51.2 Å². The van der Waals surface area contributed by atoms with E-state index in [1.807, 2.05) is 32.9 Å². The van der Waals surface area contributed by atoms with Crippen molar-refractivity contribution >= 4 is 23.7 Å². The molecule has 1 aromatic carbocycles. The zero-order valence-electron chi connectivity index (χ0n) is 34.5.